The standard InChI is InChI=1S/C16H25NO2/c1-5-10-18-13-8-7-9-14-15(13)12(17-6-2)11-16(3,4)19-14/h7-9,12,17H,5-6,10-11H2,1-4H3. The van der Waals surface area contributed by atoms with Crippen LogP contribution < -0.4 is 14.8 Å². The number of hydrogen-bond acceptors (Lipinski definition) is 3. The highest BCUT2D eigenvalue weighted by Gasteiger charge is 2.35. The zero-order valence-corrected chi connectivity index (χ0v) is 12.5. The van der Waals surface area contributed by atoms with Crippen molar-refractivity contribution in [3.05, 3.63) is 23.8 Å². The van der Waals surface area contributed by atoms with E-state index in [2.05, 4.69) is 33.0 Å². The molecule has 19 heavy (non-hydrogen) atoms. The molecule has 3 heteroatoms. The molecule has 0 spiro atoms. The van der Waals surface area contributed by atoms with E-state index in [0.29, 0.717) is 6.04 Å². The second kappa shape index (κ2) is 5.83. The third-order valence-electron chi connectivity index (χ3n) is 3.37. The van der Waals surface area contributed by atoms with Crippen molar-refractivity contribution in [3.8, 4) is 11.5 Å². The van der Waals surface area contributed by atoms with E-state index in [1.807, 2.05) is 18.2 Å². The van der Waals surface area contributed by atoms with Gasteiger partial charge in [-0.25, -0.2) is 0 Å². The molecule has 1 aliphatic heterocycles. The summed E-state index contributed by atoms with van der Waals surface area (Å²) in [5.41, 5.74) is 1.04. The van der Waals surface area contributed by atoms with Gasteiger partial charge >= 0.3 is 0 Å². The van der Waals surface area contributed by atoms with Crippen molar-refractivity contribution in [2.75, 3.05) is 13.2 Å². The Hall–Kier alpha value is -1.22. The molecule has 106 valence electrons. The zero-order valence-electron chi connectivity index (χ0n) is 12.5. The van der Waals surface area contributed by atoms with Gasteiger partial charge in [0, 0.05) is 12.5 Å². The Morgan fingerprint density at radius 3 is 2.84 bits per heavy atom. The Morgan fingerprint density at radius 1 is 1.37 bits per heavy atom. The van der Waals surface area contributed by atoms with Gasteiger partial charge in [0.25, 0.3) is 0 Å². The van der Waals surface area contributed by atoms with Gasteiger partial charge in [-0.05, 0) is 38.9 Å². The molecule has 0 radical (unpaired) electrons. The maximum Gasteiger partial charge on any atom is 0.128 e. The van der Waals surface area contributed by atoms with E-state index < -0.39 is 0 Å². The highest BCUT2D eigenvalue weighted by atomic mass is 16.5. The van der Waals surface area contributed by atoms with Crippen LogP contribution >= 0.6 is 0 Å². The Balaban J connectivity index is 2.36. The van der Waals surface area contributed by atoms with Crippen LogP contribution in [0.3, 0.4) is 0 Å². The molecule has 1 aromatic rings. The molecule has 1 unspecified atom stereocenters. The van der Waals surface area contributed by atoms with E-state index in [-0.39, 0.29) is 5.60 Å². The molecular weight excluding hydrogens is 238 g/mol. The average Bonchev–Trinajstić information content (AvgIpc) is 2.34. The molecule has 3 nitrogen and oxygen atoms in total. The Labute approximate surface area is 116 Å². The van der Waals surface area contributed by atoms with Gasteiger partial charge in [0.05, 0.1) is 12.2 Å². The molecule has 1 heterocycles. The second-order valence-electron chi connectivity index (χ2n) is 5.69. The van der Waals surface area contributed by atoms with Crippen LogP contribution in [0.4, 0.5) is 0 Å². The Kier molecular flexibility index (Phi) is 4.35. The lowest BCUT2D eigenvalue weighted by atomic mass is 9.89. The largest absolute Gasteiger partial charge is 0.493 e. The molecule has 0 amide bonds. The SMILES string of the molecule is CCCOc1cccc2c1C(NCC)CC(C)(C)O2. The number of rotatable bonds is 5. The molecule has 0 aliphatic carbocycles. The van der Waals surface area contributed by atoms with E-state index in [1.54, 1.807) is 0 Å². The van der Waals surface area contributed by atoms with Crippen molar-refractivity contribution in [1.82, 2.24) is 5.32 Å². The molecule has 0 saturated heterocycles. The first-order valence-electron chi connectivity index (χ1n) is 7.25. The van der Waals surface area contributed by atoms with E-state index >= 15 is 0 Å². The Morgan fingerprint density at radius 2 is 2.16 bits per heavy atom. The van der Waals surface area contributed by atoms with Gasteiger partial charge in [-0.1, -0.05) is 19.9 Å². The lowest BCUT2D eigenvalue weighted by molar-refractivity contribution is 0.0648. The molecule has 0 fully saturated rings. The van der Waals surface area contributed by atoms with Crippen molar-refractivity contribution in [2.45, 2.75) is 52.2 Å². The first kappa shape index (κ1) is 14.2. The normalized spacial score (nSPS) is 20.5. The number of hydrogen-bond donors (Lipinski definition) is 1. The fourth-order valence-electron chi connectivity index (χ4n) is 2.65. The predicted molar refractivity (Wildman–Crippen MR) is 78.0 cm³/mol. The summed E-state index contributed by atoms with van der Waals surface area (Å²) in [7, 11) is 0. The van der Waals surface area contributed by atoms with Crippen LogP contribution in [-0.2, 0) is 0 Å². The van der Waals surface area contributed by atoms with Crippen LogP contribution in [0.15, 0.2) is 18.2 Å². The quantitative estimate of drug-likeness (QED) is 0.879. The Bertz CT molecular complexity index is 429. The molecule has 1 aliphatic rings. The van der Waals surface area contributed by atoms with Crippen LogP contribution in [0.5, 0.6) is 11.5 Å². The molecule has 2 rings (SSSR count). The van der Waals surface area contributed by atoms with Crippen LogP contribution in [0, 0.1) is 0 Å². The zero-order chi connectivity index (χ0) is 13.9. The number of benzene rings is 1. The maximum atomic E-state index is 6.10. The van der Waals surface area contributed by atoms with Crippen molar-refractivity contribution < 1.29 is 9.47 Å². The van der Waals surface area contributed by atoms with Crippen molar-refractivity contribution in [3.63, 3.8) is 0 Å². The van der Waals surface area contributed by atoms with Gasteiger partial charge in [-0.2, -0.15) is 0 Å². The highest BCUT2D eigenvalue weighted by Crippen LogP contribution is 2.44. The molecule has 1 N–H and O–H groups in total. The summed E-state index contributed by atoms with van der Waals surface area (Å²) in [6.07, 6.45) is 1.97. The molecule has 0 saturated carbocycles. The highest BCUT2D eigenvalue weighted by molar-refractivity contribution is 5.48. The summed E-state index contributed by atoms with van der Waals surface area (Å²) in [4.78, 5) is 0. The van der Waals surface area contributed by atoms with E-state index in [9.17, 15) is 0 Å². The lowest BCUT2D eigenvalue weighted by Gasteiger charge is -2.38. The first-order valence-corrected chi connectivity index (χ1v) is 7.25. The number of ether oxygens (including phenoxy) is 2. The summed E-state index contributed by atoms with van der Waals surface area (Å²) >= 11 is 0. The molecule has 0 bridgehead atoms. The maximum absolute atomic E-state index is 6.10. The third kappa shape index (κ3) is 3.21. The van der Waals surface area contributed by atoms with Crippen molar-refractivity contribution in [1.29, 1.82) is 0 Å². The van der Waals surface area contributed by atoms with E-state index in [4.69, 9.17) is 9.47 Å². The van der Waals surface area contributed by atoms with Gasteiger partial charge in [0.15, 0.2) is 0 Å². The van der Waals surface area contributed by atoms with Gasteiger partial charge in [-0.3, -0.25) is 0 Å². The minimum absolute atomic E-state index is 0.136. The summed E-state index contributed by atoms with van der Waals surface area (Å²) < 4.78 is 12.0. The molecule has 1 atom stereocenters. The second-order valence-corrected chi connectivity index (χ2v) is 5.69. The monoisotopic (exact) mass is 263 g/mol. The van der Waals surface area contributed by atoms with E-state index in [1.165, 1.54) is 5.56 Å². The smallest absolute Gasteiger partial charge is 0.128 e. The fourth-order valence-corrected chi connectivity index (χ4v) is 2.65. The predicted octanol–water partition coefficient (Wildman–Crippen LogP) is 3.69. The van der Waals surface area contributed by atoms with Gasteiger partial charge in [-0.15, -0.1) is 0 Å². The van der Waals surface area contributed by atoms with Gasteiger partial charge in [0.1, 0.15) is 17.1 Å². The fraction of sp³-hybridized carbons (Fsp3) is 0.625. The summed E-state index contributed by atoms with van der Waals surface area (Å²) in [6, 6.07) is 6.39. The molecular formula is C16H25NO2. The van der Waals surface area contributed by atoms with Crippen molar-refractivity contribution >= 4 is 0 Å². The van der Waals surface area contributed by atoms with Gasteiger partial charge in [0.2, 0.25) is 0 Å². The van der Waals surface area contributed by atoms with Crippen molar-refractivity contribution in [2.24, 2.45) is 0 Å². The summed E-state index contributed by atoms with van der Waals surface area (Å²) in [5.74, 6) is 1.91. The number of nitrogens with one attached hydrogen (secondary N) is 1. The van der Waals surface area contributed by atoms with Crippen LogP contribution in [0.2, 0.25) is 0 Å². The van der Waals surface area contributed by atoms with Crippen LogP contribution in [-0.4, -0.2) is 18.8 Å². The minimum atomic E-state index is -0.136. The topological polar surface area (TPSA) is 30.5 Å². The van der Waals surface area contributed by atoms with E-state index in [0.717, 1.165) is 37.5 Å². The molecule has 0 aromatic heterocycles. The molecule has 1 aromatic carbocycles. The summed E-state index contributed by atoms with van der Waals surface area (Å²) in [5, 5.41) is 3.55. The lowest BCUT2D eigenvalue weighted by Crippen LogP contribution is -2.39. The first-order chi connectivity index (χ1) is 9.07. The van der Waals surface area contributed by atoms with Crippen LogP contribution in [0.1, 0.15) is 52.1 Å². The average molecular weight is 263 g/mol. The van der Waals surface area contributed by atoms with Crippen LogP contribution in [0.25, 0.3) is 0 Å². The van der Waals surface area contributed by atoms with Gasteiger partial charge < -0.3 is 14.8 Å². The third-order valence-corrected chi connectivity index (χ3v) is 3.37. The number of fused-ring (bicyclic) bond motifs is 1. The summed E-state index contributed by atoms with van der Waals surface area (Å²) in [6.45, 7) is 10.2. The minimum Gasteiger partial charge on any atom is -0.493 e.